The highest BCUT2D eigenvalue weighted by Crippen LogP contribution is 2.47. The molecule has 2 heterocycles. The highest BCUT2D eigenvalue weighted by molar-refractivity contribution is 6.05. The molecule has 0 unspecified atom stereocenters. The third kappa shape index (κ3) is 3.62. The van der Waals surface area contributed by atoms with Crippen LogP contribution in [-0.4, -0.2) is 17.5 Å². The summed E-state index contributed by atoms with van der Waals surface area (Å²) in [6, 6.07) is 36.6. The second-order valence-corrected chi connectivity index (χ2v) is 9.27. The third-order valence-corrected chi connectivity index (χ3v) is 7.28. The Bertz CT molecular complexity index is 1250. The Balaban J connectivity index is 1.35. The van der Waals surface area contributed by atoms with Crippen LogP contribution in [0.2, 0.25) is 0 Å². The summed E-state index contributed by atoms with van der Waals surface area (Å²) in [5.74, 6) is 0.135. The molecule has 2 amide bonds. The van der Waals surface area contributed by atoms with Crippen LogP contribution in [0.3, 0.4) is 0 Å². The van der Waals surface area contributed by atoms with Gasteiger partial charge in [0.2, 0.25) is 11.8 Å². The lowest BCUT2D eigenvalue weighted by atomic mass is 10.0. The van der Waals surface area contributed by atoms with Crippen LogP contribution in [0.25, 0.3) is 22.3 Å². The van der Waals surface area contributed by atoms with E-state index in [0.717, 1.165) is 33.6 Å². The summed E-state index contributed by atoms with van der Waals surface area (Å²) in [6.45, 7) is 0. The van der Waals surface area contributed by atoms with Crippen molar-refractivity contribution < 1.29 is 9.59 Å². The van der Waals surface area contributed by atoms with E-state index in [1.165, 1.54) is 0 Å². The van der Waals surface area contributed by atoms with Crippen molar-refractivity contribution in [2.24, 2.45) is 0 Å². The summed E-state index contributed by atoms with van der Waals surface area (Å²) in [7, 11) is 0. The molecule has 2 fully saturated rings. The molecule has 0 bridgehead atoms. The van der Waals surface area contributed by atoms with Crippen LogP contribution in [0, 0.1) is 0 Å². The lowest BCUT2D eigenvalue weighted by molar-refractivity contribution is -0.117. The maximum absolute atomic E-state index is 13.2. The second-order valence-electron chi connectivity index (χ2n) is 9.27. The number of nitrogens with zero attached hydrogens (tertiary/aromatic N) is 2. The molecule has 4 heteroatoms. The number of benzene rings is 4. The smallest absolute Gasteiger partial charge is 0.229 e. The van der Waals surface area contributed by atoms with E-state index in [1.807, 2.05) is 70.5 Å². The van der Waals surface area contributed by atoms with E-state index in [1.54, 1.807) is 0 Å². The van der Waals surface area contributed by atoms with Crippen molar-refractivity contribution in [1.82, 2.24) is 0 Å². The molecular weight excluding hydrogens is 432 g/mol. The van der Waals surface area contributed by atoms with Crippen LogP contribution in [0.15, 0.2) is 109 Å². The fraction of sp³-hybridized carbons (Fsp3) is 0.161. The molecule has 0 N–H and O–H groups in total. The maximum Gasteiger partial charge on any atom is 0.229 e. The zero-order valence-corrected chi connectivity index (χ0v) is 19.4. The lowest BCUT2D eigenvalue weighted by Gasteiger charge is -2.42. The fourth-order valence-corrected chi connectivity index (χ4v) is 5.61. The molecule has 35 heavy (non-hydrogen) atoms. The number of amides is 2. The van der Waals surface area contributed by atoms with Gasteiger partial charge in [-0.1, -0.05) is 84.9 Å². The first-order valence-corrected chi connectivity index (χ1v) is 12.1. The zero-order valence-electron chi connectivity index (χ0n) is 19.4. The standard InChI is InChI=1S/C31H26N2O2/c34-29-19-21-31(32(29)27-15-11-25(12-16-27)23-7-3-1-4-8-23)22-20-30(35)33(31)28-17-13-26(14-18-28)24-9-5-2-6-10-24/h1-18H,19-22H2. The van der Waals surface area contributed by atoms with Gasteiger partial charge >= 0.3 is 0 Å². The molecular formula is C31H26N2O2. The second kappa shape index (κ2) is 8.55. The van der Waals surface area contributed by atoms with Gasteiger partial charge in [0.1, 0.15) is 5.66 Å². The molecule has 0 aromatic heterocycles. The Kier molecular flexibility index (Phi) is 5.22. The Labute approximate surface area is 205 Å². The van der Waals surface area contributed by atoms with Crippen molar-refractivity contribution >= 4 is 23.2 Å². The van der Waals surface area contributed by atoms with E-state index in [2.05, 4.69) is 48.5 Å². The molecule has 0 radical (unpaired) electrons. The first-order valence-electron chi connectivity index (χ1n) is 12.1. The minimum absolute atomic E-state index is 0.0677. The molecule has 0 atom stereocenters. The Morgan fingerprint density at radius 1 is 0.457 bits per heavy atom. The number of rotatable bonds is 4. The zero-order chi connectivity index (χ0) is 23.8. The van der Waals surface area contributed by atoms with Crippen LogP contribution in [-0.2, 0) is 9.59 Å². The topological polar surface area (TPSA) is 40.6 Å². The minimum atomic E-state index is -0.656. The monoisotopic (exact) mass is 458 g/mol. The van der Waals surface area contributed by atoms with Gasteiger partial charge in [0.15, 0.2) is 0 Å². The molecule has 0 saturated carbocycles. The van der Waals surface area contributed by atoms with E-state index < -0.39 is 5.66 Å². The molecule has 4 aromatic rings. The van der Waals surface area contributed by atoms with Crippen molar-refractivity contribution in [2.75, 3.05) is 9.80 Å². The van der Waals surface area contributed by atoms with Crippen LogP contribution in [0.4, 0.5) is 11.4 Å². The van der Waals surface area contributed by atoms with Gasteiger partial charge < -0.3 is 0 Å². The van der Waals surface area contributed by atoms with Crippen LogP contribution >= 0.6 is 0 Å². The molecule has 2 aliphatic rings. The third-order valence-electron chi connectivity index (χ3n) is 7.28. The predicted octanol–water partition coefficient (Wildman–Crippen LogP) is 6.67. The van der Waals surface area contributed by atoms with Crippen LogP contribution in [0.1, 0.15) is 25.7 Å². The summed E-state index contributed by atoms with van der Waals surface area (Å²) >= 11 is 0. The molecule has 6 rings (SSSR count). The molecule has 0 aliphatic carbocycles. The molecule has 4 aromatic carbocycles. The molecule has 2 aliphatic heterocycles. The van der Waals surface area contributed by atoms with E-state index in [9.17, 15) is 9.59 Å². The van der Waals surface area contributed by atoms with E-state index >= 15 is 0 Å². The summed E-state index contributed by atoms with van der Waals surface area (Å²) in [5.41, 5.74) is 5.50. The number of hydrogen-bond donors (Lipinski definition) is 0. The van der Waals surface area contributed by atoms with Crippen LogP contribution in [0.5, 0.6) is 0 Å². The van der Waals surface area contributed by atoms with E-state index in [4.69, 9.17) is 0 Å². The highest BCUT2D eigenvalue weighted by atomic mass is 16.2. The average molecular weight is 459 g/mol. The Morgan fingerprint density at radius 2 is 0.800 bits per heavy atom. The molecule has 172 valence electrons. The molecule has 1 spiro atoms. The van der Waals surface area contributed by atoms with Gasteiger partial charge in [-0.15, -0.1) is 0 Å². The number of anilines is 2. The van der Waals surface area contributed by atoms with Crippen molar-refractivity contribution in [3.8, 4) is 22.3 Å². The van der Waals surface area contributed by atoms with Crippen molar-refractivity contribution in [2.45, 2.75) is 31.3 Å². The van der Waals surface area contributed by atoms with Gasteiger partial charge in [0.05, 0.1) is 0 Å². The summed E-state index contributed by atoms with van der Waals surface area (Å²) < 4.78 is 0. The van der Waals surface area contributed by atoms with Crippen molar-refractivity contribution in [3.63, 3.8) is 0 Å². The van der Waals surface area contributed by atoms with E-state index in [-0.39, 0.29) is 11.8 Å². The van der Waals surface area contributed by atoms with Gasteiger partial charge in [0.25, 0.3) is 0 Å². The quantitative estimate of drug-likeness (QED) is 0.343. The number of hydrogen-bond acceptors (Lipinski definition) is 2. The van der Waals surface area contributed by atoms with Gasteiger partial charge in [-0.25, -0.2) is 0 Å². The Hall–Kier alpha value is -4.18. The Morgan fingerprint density at radius 3 is 1.17 bits per heavy atom. The van der Waals surface area contributed by atoms with Crippen LogP contribution < -0.4 is 9.80 Å². The first-order chi connectivity index (χ1) is 17.2. The van der Waals surface area contributed by atoms with Crippen molar-refractivity contribution in [3.05, 3.63) is 109 Å². The normalized spacial score (nSPS) is 16.9. The number of carbonyl (C=O) groups is 2. The highest BCUT2D eigenvalue weighted by Gasteiger charge is 2.56. The SMILES string of the molecule is O=C1CCC2(CCC(=O)N2c2ccc(-c3ccccc3)cc2)N1c1ccc(-c2ccccc2)cc1. The van der Waals surface area contributed by atoms with Gasteiger partial charge in [-0.05, 0) is 59.4 Å². The fourth-order valence-electron chi connectivity index (χ4n) is 5.61. The maximum atomic E-state index is 13.2. The van der Waals surface area contributed by atoms with Gasteiger partial charge in [-0.2, -0.15) is 0 Å². The first kappa shape index (κ1) is 21.4. The minimum Gasteiger partial charge on any atom is -0.288 e. The summed E-state index contributed by atoms with van der Waals surface area (Å²) in [6.07, 6.45) is 2.15. The molecule has 4 nitrogen and oxygen atoms in total. The number of carbonyl (C=O) groups excluding carboxylic acids is 2. The van der Waals surface area contributed by atoms with Gasteiger partial charge in [0, 0.05) is 24.2 Å². The summed E-state index contributed by atoms with van der Waals surface area (Å²) in [4.78, 5) is 30.1. The predicted molar refractivity (Wildman–Crippen MR) is 140 cm³/mol. The summed E-state index contributed by atoms with van der Waals surface area (Å²) in [5, 5.41) is 0. The van der Waals surface area contributed by atoms with E-state index in [0.29, 0.717) is 25.7 Å². The van der Waals surface area contributed by atoms with Gasteiger partial charge in [-0.3, -0.25) is 19.4 Å². The average Bonchev–Trinajstić information content (AvgIpc) is 3.43. The lowest BCUT2D eigenvalue weighted by Crippen LogP contribution is -2.56. The van der Waals surface area contributed by atoms with Crippen molar-refractivity contribution in [1.29, 1.82) is 0 Å². The molecule has 2 saturated heterocycles. The largest absolute Gasteiger partial charge is 0.288 e.